The van der Waals surface area contributed by atoms with Crippen LogP contribution in [0.2, 0.25) is 0 Å². The Balaban J connectivity index is 2.93. The Kier molecular flexibility index (Phi) is 4.03. The molecule has 5 nitrogen and oxygen atoms in total. The van der Waals surface area contributed by atoms with Gasteiger partial charge in [0.25, 0.3) is 5.56 Å². The molecule has 21 heavy (non-hydrogen) atoms. The van der Waals surface area contributed by atoms with Crippen LogP contribution >= 0.6 is 15.9 Å². The highest BCUT2D eigenvalue weighted by molar-refractivity contribution is 9.10. The Morgan fingerprint density at radius 1 is 1.24 bits per heavy atom. The molecule has 7 heteroatoms. The average Bonchev–Trinajstić information content (AvgIpc) is 2.36. The number of H-pyrrole nitrogens is 1. The normalized spacial score (nSPS) is 11.1. The van der Waals surface area contributed by atoms with Crippen molar-refractivity contribution in [2.75, 3.05) is 6.26 Å². The number of nitrogens with one attached hydrogen (secondary N) is 1. The Morgan fingerprint density at radius 3 is 2.48 bits per heavy atom. The second-order valence-electron chi connectivity index (χ2n) is 4.59. The van der Waals surface area contributed by atoms with Crippen LogP contribution in [-0.4, -0.2) is 19.7 Å². The number of pyridine rings is 1. The Labute approximate surface area is 130 Å². The van der Waals surface area contributed by atoms with Crippen molar-refractivity contribution >= 4 is 25.8 Å². The predicted molar refractivity (Wildman–Crippen MR) is 82.8 cm³/mol. The Morgan fingerprint density at radius 2 is 1.90 bits per heavy atom. The summed E-state index contributed by atoms with van der Waals surface area (Å²) in [6.45, 7) is 1.67. The van der Waals surface area contributed by atoms with Crippen molar-refractivity contribution in [2.45, 2.75) is 11.8 Å². The van der Waals surface area contributed by atoms with Crippen molar-refractivity contribution in [3.8, 4) is 17.2 Å². The highest BCUT2D eigenvalue weighted by Gasteiger charge is 2.19. The van der Waals surface area contributed by atoms with Gasteiger partial charge in [-0.05, 0) is 25.1 Å². The van der Waals surface area contributed by atoms with Crippen molar-refractivity contribution in [3.05, 3.63) is 50.3 Å². The first-order valence-electron chi connectivity index (χ1n) is 5.88. The molecule has 1 N–H and O–H groups in total. The smallest absolute Gasteiger partial charge is 0.266 e. The number of nitrogens with zero attached hydrogens (tertiary/aromatic N) is 1. The van der Waals surface area contributed by atoms with Gasteiger partial charge in [0.1, 0.15) is 11.6 Å². The van der Waals surface area contributed by atoms with Crippen LogP contribution in [0.15, 0.2) is 38.4 Å². The molecule has 0 atom stereocenters. The van der Waals surface area contributed by atoms with Crippen molar-refractivity contribution in [2.24, 2.45) is 0 Å². The SMILES string of the molecule is Cc1cc(-c2ccc(Br)cc2S(C)(=O)=O)c(C#N)c(=O)[nH]1. The van der Waals surface area contributed by atoms with Crippen LogP contribution in [-0.2, 0) is 9.84 Å². The third kappa shape index (κ3) is 3.06. The summed E-state index contributed by atoms with van der Waals surface area (Å²) in [6.07, 6.45) is 1.09. The summed E-state index contributed by atoms with van der Waals surface area (Å²) < 4.78 is 24.5. The predicted octanol–water partition coefficient (Wildman–Crippen LogP) is 2.39. The van der Waals surface area contributed by atoms with E-state index in [2.05, 4.69) is 20.9 Å². The average molecular weight is 367 g/mol. The molecule has 108 valence electrons. The number of aryl methyl sites for hydroxylation is 1. The number of hydrogen-bond acceptors (Lipinski definition) is 4. The number of nitriles is 1. The molecular formula is C14H11BrN2O3S. The number of sulfone groups is 1. The van der Waals surface area contributed by atoms with E-state index in [0.717, 1.165) is 6.26 Å². The first kappa shape index (κ1) is 15.5. The third-order valence-electron chi connectivity index (χ3n) is 2.91. The molecule has 0 radical (unpaired) electrons. The summed E-state index contributed by atoms with van der Waals surface area (Å²) >= 11 is 3.23. The summed E-state index contributed by atoms with van der Waals surface area (Å²) in [6, 6.07) is 8.14. The quantitative estimate of drug-likeness (QED) is 0.882. The van der Waals surface area contributed by atoms with Gasteiger partial charge in [-0.25, -0.2) is 8.42 Å². The van der Waals surface area contributed by atoms with E-state index in [1.54, 1.807) is 25.1 Å². The van der Waals surface area contributed by atoms with Crippen LogP contribution in [0.25, 0.3) is 11.1 Å². The van der Waals surface area contributed by atoms with Gasteiger partial charge in [0.15, 0.2) is 9.84 Å². The van der Waals surface area contributed by atoms with Gasteiger partial charge in [0.2, 0.25) is 0 Å². The van der Waals surface area contributed by atoms with E-state index < -0.39 is 15.4 Å². The largest absolute Gasteiger partial charge is 0.325 e. The van der Waals surface area contributed by atoms with E-state index in [-0.39, 0.29) is 10.5 Å². The number of benzene rings is 1. The van der Waals surface area contributed by atoms with Crippen LogP contribution < -0.4 is 5.56 Å². The fourth-order valence-electron chi connectivity index (χ4n) is 2.04. The summed E-state index contributed by atoms with van der Waals surface area (Å²) in [5.74, 6) is 0. The van der Waals surface area contributed by atoms with Crippen LogP contribution in [0.4, 0.5) is 0 Å². The van der Waals surface area contributed by atoms with Crippen LogP contribution in [0.5, 0.6) is 0 Å². The lowest BCUT2D eigenvalue weighted by molar-refractivity contribution is 0.602. The molecule has 0 saturated carbocycles. The molecule has 0 fully saturated rings. The number of aromatic nitrogens is 1. The maximum Gasteiger partial charge on any atom is 0.266 e. The van der Waals surface area contributed by atoms with Crippen molar-refractivity contribution in [1.29, 1.82) is 5.26 Å². The molecule has 0 unspecified atom stereocenters. The molecule has 2 aromatic rings. The zero-order valence-electron chi connectivity index (χ0n) is 11.3. The molecule has 0 amide bonds. The zero-order chi connectivity index (χ0) is 15.8. The molecule has 0 spiro atoms. The van der Waals surface area contributed by atoms with Gasteiger partial charge in [0, 0.05) is 27.5 Å². The summed E-state index contributed by atoms with van der Waals surface area (Å²) in [5.41, 5.74) is 0.567. The van der Waals surface area contributed by atoms with Gasteiger partial charge in [-0.3, -0.25) is 4.79 Å². The highest BCUT2D eigenvalue weighted by atomic mass is 79.9. The highest BCUT2D eigenvalue weighted by Crippen LogP contribution is 2.31. The van der Waals surface area contributed by atoms with Crippen LogP contribution in [0.3, 0.4) is 0 Å². The standard InChI is InChI=1S/C14H11BrN2O3S/c1-8-5-11(12(7-16)14(18)17-8)10-4-3-9(15)6-13(10)21(2,19)20/h3-6H,1-2H3,(H,17,18). The van der Waals surface area contributed by atoms with Gasteiger partial charge in [-0.15, -0.1) is 0 Å². The van der Waals surface area contributed by atoms with Crippen molar-refractivity contribution in [1.82, 2.24) is 4.98 Å². The minimum atomic E-state index is -3.51. The first-order chi connectivity index (χ1) is 9.74. The van der Waals surface area contributed by atoms with Crippen molar-refractivity contribution < 1.29 is 8.42 Å². The first-order valence-corrected chi connectivity index (χ1v) is 8.56. The second-order valence-corrected chi connectivity index (χ2v) is 7.49. The van der Waals surface area contributed by atoms with E-state index in [1.807, 2.05) is 6.07 Å². The minimum absolute atomic E-state index is 0.0679. The lowest BCUT2D eigenvalue weighted by atomic mass is 10.0. The molecule has 1 heterocycles. The molecule has 0 aliphatic heterocycles. The van der Waals surface area contributed by atoms with Gasteiger partial charge in [-0.2, -0.15) is 5.26 Å². The lowest BCUT2D eigenvalue weighted by Gasteiger charge is -2.11. The zero-order valence-corrected chi connectivity index (χ0v) is 13.7. The van der Waals surface area contributed by atoms with E-state index in [9.17, 15) is 18.5 Å². The number of halogens is 1. The second kappa shape index (κ2) is 5.47. The van der Waals surface area contributed by atoms with E-state index in [0.29, 0.717) is 21.3 Å². The van der Waals surface area contributed by atoms with Gasteiger partial charge < -0.3 is 4.98 Å². The number of aromatic amines is 1. The molecule has 0 saturated heterocycles. The molecule has 0 aliphatic rings. The molecule has 0 bridgehead atoms. The Bertz CT molecular complexity index is 924. The monoisotopic (exact) mass is 366 g/mol. The Hall–Kier alpha value is -1.91. The maximum absolute atomic E-state index is 12.0. The molecular weight excluding hydrogens is 356 g/mol. The van der Waals surface area contributed by atoms with Gasteiger partial charge in [-0.1, -0.05) is 22.0 Å². The maximum atomic E-state index is 12.0. The molecule has 0 aliphatic carbocycles. The topological polar surface area (TPSA) is 90.8 Å². The van der Waals surface area contributed by atoms with Gasteiger partial charge in [0.05, 0.1) is 4.90 Å². The van der Waals surface area contributed by atoms with Crippen LogP contribution in [0, 0.1) is 18.3 Å². The number of hydrogen-bond donors (Lipinski definition) is 1. The van der Waals surface area contributed by atoms with E-state index in [1.165, 1.54) is 6.07 Å². The summed E-state index contributed by atoms with van der Waals surface area (Å²) in [5, 5.41) is 9.17. The van der Waals surface area contributed by atoms with E-state index >= 15 is 0 Å². The third-order valence-corrected chi connectivity index (χ3v) is 4.54. The summed E-state index contributed by atoms with van der Waals surface area (Å²) in [4.78, 5) is 14.5. The number of rotatable bonds is 2. The molecule has 1 aromatic carbocycles. The molecule has 2 rings (SSSR count). The lowest BCUT2D eigenvalue weighted by Crippen LogP contribution is -2.13. The fourth-order valence-corrected chi connectivity index (χ4v) is 3.47. The fraction of sp³-hybridized carbons (Fsp3) is 0.143. The van der Waals surface area contributed by atoms with Crippen molar-refractivity contribution in [3.63, 3.8) is 0 Å². The van der Waals surface area contributed by atoms with Gasteiger partial charge >= 0.3 is 0 Å². The summed E-state index contributed by atoms with van der Waals surface area (Å²) in [7, 11) is -3.51. The van der Waals surface area contributed by atoms with Crippen LogP contribution in [0.1, 0.15) is 11.3 Å². The molecule has 1 aromatic heterocycles. The van der Waals surface area contributed by atoms with E-state index in [4.69, 9.17) is 0 Å². The minimum Gasteiger partial charge on any atom is -0.325 e.